The Morgan fingerprint density at radius 3 is 2.22 bits per heavy atom. The van der Waals surface area contributed by atoms with Gasteiger partial charge in [0.2, 0.25) is 0 Å². The maximum Gasteiger partial charge on any atom is 0.133 e. The van der Waals surface area contributed by atoms with Crippen molar-refractivity contribution in [2.75, 3.05) is 0 Å². The molecule has 1 N–H and O–H groups in total. The Kier molecular flexibility index (Phi) is 3.78. The van der Waals surface area contributed by atoms with Crippen molar-refractivity contribution in [1.29, 1.82) is 0 Å². The number of aryl methyl sites for hydroxylation is 1. The van der Waals surface area contributed by atoms with Crippen LogP contribution in [0.3, 0.4) is 0 Å². The largest absolute Gasteiger partial charge is 0.383 e. The van der Waals surface area contributed by atoms with Crippen molar-refractivity contribution in [1.82, 2.24) is 0 Å². The predicted octanol–water partition coefficient (Wildman–Crippen LogP) is 4.12. The zero-order valence-electron chi connectivity index (χ0n) is 9.62. The van der Waals surface area contributed by atoms with Crippen LogP contribution in [0, 0.1) is 18.6 Å². The van der Waals surface area contributed by atoms with Gasteiger partial charge in [-0.2, -0.15) is 0 Å². The molecule has 94 valence electrons. The molecule has 0 fully saturated rings. The molecule has 1 unspecified atom stereocenters. The molecule has 0 radical (unpaired) electrons. The SMILES string of the molecule is Cc1ccccc1C(O)c1c(F)cc(Br)cc1F. The van der Waals surface area contributed by atoms with Crippen molar-refractivity contribution in [3.8, 4) is 0 Å². The van der Waals surface area contributed by atoms with Gasteiger partial charge in [0.15, 0.2) is 0 Å². The molecular formula is C14H11BrF2O. The molecule has 2 aromatic rings. The Morgan fingerprint density at radius 2 is 1.67 bits per heavy atom. The first-order valence-corrected chi connectivity index (χ1v) is 6.18. The Morgan fingerprint density at radius 1 is 1.11 bits per heavy atom. The van der Waals surface area contributed by atoms with Crippen molar-refractivity contribution >= 4 is 15.9 Å². The Bertz CT molecular complexity index is 561. The Balaban J connectivity index is 2.53. The van der Waals surface area contributed by atoms with Crippen LogP contribution in [-0.2, 0) is 0 Å². The molecule has 0 bridgehead atoms. The van der Waals surface area contributed by atoms with Gasteiger partial charge in [-0.3, -0.25) is 0 Å². The quantitative estimate of drug-likeness (QED) is 0.884. The molecule has 1 nitrogen and oxygen atoms in total. The third kappa shape index (κ3) is 2.44. The summed E-state index contributed by atoms with van der Waals surface area (Å²) >= 11 is 3.01. The minimum atomic E-state index is -1.31. The van der Waals surface area contributed by atoms with E-state index < -0.39 is 17.7 Å². The van der Waals surface area contributed by atoms with Crippen LogP contribution >= 0.6 is 15.9 Å². The zero-order valence-corrected chi connectivity index (χ0v) is 11.2. The molecule has 0 aliphatic carbocycles. The number of hydrogen-bond donors (Lipinski definition) is 1. The third-order valence-electron chi connectivity index (χ3n) is 2.80. The van der Waals surface area contributed by atoms with Crippen molar-refractivity contribution in [2.45, 2.75) is 13.0 Å². The van der Waals surface area contributed by atoms with Gasteiger partial charge in [0.25, 0.3) is 0 Å². The summed E-state index contributed by atoms with van der Waals surface area (Å²) in [6.07, 6.45) is -1.31. The zero-order chi connectivity index (χ0) is 13.3. The maximum absolute atomic E-state index is 13.7. The third-order valence-corrected chi connectivity index (χ3v) is 3.26. The van der Waals surface area contributed by atoms with Gasteiger partial charge in [0.1, 0.15) is 17.7 Å². The van der Waals surface area contributed by atoms with E-state index >= 15 is 0 Å². The second-order valence-corrected chi connectivity index (χ2v) is 4.96. The monoisotopic (exact) mass is 312 g/mol. The van der Waals surface area contributed by atoms with Crippen LogP contribution in [-0.4, -0.2) is 5.11 Å². The number of rotatable bonds is 2. The van der Waals surface area contributed by atoms with Crippen LogP contribution < -0.4 is 0 Å². The van der Waals surface area contributed by atoms with Crippen LogP contribution in [0.4, 0.5) is 8.78 Å². The van der Waals surface area contributed by atoms with Crippen molar-refractivity contribution < 1.29 is 13.9 Å². The number of aliphatic hydroxyl groups is 1. The second kappa shape index (κ2) is 5.16. The fourth-order valence-corrected chi connectivity index (χ4v) is 2.27. The molecule has 0 amide bonds. The smallest absolute Gasteiger partial charge is 0.133 e. The molecule has 18 heavy (non-hydrogen) atoms. The van der Waals surface area contributed by atoms with Crippen molar-refractivity contribution in [2.24, 2.45) is 0 Å². The van der Waals surface area contributed by atoms with Gasteiger partial charge in [-0.15, -0.1) is 0 Å². The van der Waals surface area contributed by atoms with E-state index in [9.17, 15) is 13.9 Å². The Labute approximate surface area is 112 Å². The molecule has 0 aliphatic heterocycles. The number of halogens is 3. The summed E-state index contributed by atoms with van der Waals surface area (Å²) in [6.45, 7) is 1.78. The highest BCUT2D eigenvalue weighted by Crippen LogP contribution is 2.30. The van der Waals surface area contributed by atoms with Crippen LogP contribution in [0.2, 0.25) is 0 Å². The minimum Gasteiger partial charge on any atom is -0.383 e. The molecule has 0 saturated carbocycles. The topological polar surface area (TPSA) is 20.2 Å². The molecular weight excluding hydrogens is 302 g/mol. The van der Waals surface area contributed by atoms with E-state index in [0.29, 0.717) is 10.0 Å². The van der Waals surface area contributed by atoms with E-state index in [1.165, 1.54) is 0 Å². The average molecular weight is 313 g/mol. The normalized spacial score (nSPS) is 12.5. The number of hydrogen-bond acceptors (Lipinski definition) is 1. The average Bonchev–Trinajstić information content (AvgIpc) is 2.27. The predicted molar refractivity (Wildman–Crippen MR) is 69.3 cm³/mol. The lowest BCUT2D eigenvalue weighted by molar-refractivity contribution is 0.208. The van der Waals surface area contributed by atoms with Crippen LogP contribution in [0.15, 0.2) is 40.9 Å². The van der Waals surface area contributed by atoms with Crippen LogP contribution in [0.1, 0.15) is 22.8 Å². The summed E-state index contributed by atoms with van der Waals surface area (Å²) in [7, 11) is 0. The number of aliphatic hydroxyl groups excluding tert-OH is 1. The summed E-state index contributed by atoms with van der Waals surface area (Å²) in [6, 6.07) is 9.24. The summed E-state index contributed by atoms with van der Waals surface area (Å²) in [5.41, 5.74) is 0.955. The lowest BCUT2D eigenvalue weighted by atomic mass is 9.97. The highest BCUT2D eigenvalue weighted by Gasteiger charge is 2.21. The van der Waals surface area contributed by atoms with Crippen molar-refractivity contribution in [3.05, 3.63) is 69.2 Å². The highest BCUT2D eigenvalue weighted by atomic mass is 79.9. The summed E-state index contributed by atoms with van der Waals surface area (Å²) in [5.74, 6) is -1.53. The minimum absolute atomic E-state index is 0.304. The first-order chi connectivity index (χ1) is 8.50. The fourth-order valence-electron chi connectivity index (χ4n) is 1.86. The fraction of sp³-hybridized carbons (Fsp3) is 0.143. The first kappa shape index (κ1) is 13.2. The van der Waals surface area contributed by atoms with E-state index in [1.807, 2.05) is 0 Å². The highest BCUT2D eigenvalue weighted by molar-refractivity contribution is 9.10. The molecule has 0 spiro atoms. The molecule has 0 aromatic heterocycles. The lowest BCUT2D eigenvalue weighted by Gasteiger charge is -2.15. The summed E-state index contributed by atoms with van der Waals surface area (Å²) in [5, 5.41) is 10.1. The van der Waals surface area contributed by atoms with Crippen LogP contribution in [0.5, 0.6) is 0 Å². The first-order valence-electron chi connectivity index (χ1n) is 5.38. The molecule has 2 aromatic carbocycles. The maximum atomic E-state index is 13.7. The van der Waals surface area contributed by atoms with Gasteiger partial charge < -0.3 is 5.11 Å². The van der Waals surface area contributed by atoms with Gasteiger partial charge in [-0.25, -0.2) is 8.78 Å². The summed E-state index contributed by atoms with van der Waals surface area (Å²) < 4.78 is 27.8. The van der Waals surface area contributed by atoms with E-state index in [2.05, 4.69) is 15.9 Å². The second-order valence-electron chi connectivity index (χ2n) is 4.04. The standard InChI is InChI=1S/C14H11BrF2O/c1-8-4-2-3-5-10(8)14(18)13-11(16)6-9(15)7-12(13)17/h2-7,14,18H,1H3. The Hall–Kier alpha value is -1.26. The van der Waals surface area contributed by atoms with E-state index in [4.69, 9.17) is 0 Å². The van der Waals surface area contributed by atoms with Gasteiger partial charge >= 0.3 is 0 Å². The van der Waals surface area contributed by atoms with Crippen LogP contribution in [0.25, 0.3) is 0 Å². The number of benzene rings is 2. The molecule has 0 aliphatic rings. The lowest BCUT2D eigenvalue weighted by Crippen LogP contribution is -2.07. The molecule has 1 atom stereocenters. The summed E-state index contributed by atoms with van der Waals surface area (Å²) in [4.78, 5) is 0. The molecule has 0 heterocycles. The van der Waals surface area contributed by atoms with Gasteiger partial charge in [-0.1, -0.05) is 40.2 Å². The van der Waals surface area contributed by atoms with E-state index in [1.54, 1.807) is 31.2 Å². The van der Waals surface area contributed by atoms with Gasteiger partial charge in [-0.05, 0) is 30.2 Å². The van der Waals surface area contributed by atoms with E-state index in [-0.39, 0.29) is 5.56 Å². The van der Waals surface area contributed by atoms with Gasteiger partial charge in [0.05, 0.1) is 5.56 Å². The van der Waals surface area contributed by atoms with Gasteiger partial charge in [0, 0.05) is 4.47 Å². The molecule has 0 saturated heterocycles. The molecule has 2 rings (SSSR count). The molecule has 4 heteroatoms. The van der Waals surface area contributed by atoms with Crippen molar-refractivity contribution in [3.63, 3.8) is 0 Å². The van der Waals surface area contributed by atoms with E-state index in [0.717, 1.165) is 17.7 Å².